The number of aliphatic carboxylic acids is 3. The highest BCUT2D eigenvalue weighted by Gasteiger charge is 2.54. The Bertz CT molecular complexity index is 5640. The van der Waals surface area contributed by atoms with Crippen LogP contribution in [0.1, 0.15) is 202 Å². The van der Waals surface area contributed by atoms with Crippen LogP contribution in [0.5, 0.6) is 46.0 Å². The van der Waals surface area contributed by atoms with Gasteiger partial charge in [0, 0.05) is 72.7 Å². The number of carbonyl (C=O) groups is 14. The second-order valence-corrected chi connectivity index (χ2v) is 38.1. The summed E-state index contributed by atoms with van der Waals surface area (Å²) in [4.78, 5) is 201. The van der Waals surface area contributed by atoms with Gasteiger partial charge in [-0.2, -0.15) is 0 Å². The van der Waals surface area contributed by atoms with Crippen LogP contribution >= 0.6 is 23.2 Å². The molecule has 2 fully saturated rings. The third-order valence-electron chi connectivity index (χ3n) is 26.5. The van der Waals surface area contributed by atoms with Crippen LogP contribution in [0.25, 0.3) is 11.1 Å². The van der Waals surface area contributed by atoms with E-state index in [-0.39, 0.29) is 61.0 Å². The van der Waals surface area contributed by atoms with Crippen LogP contribution in [-0.2, 0) is 81.2 Å². The molecule has 2 aliphatic carbocycles. The number of carboxylic acid groups (broad SMARTS) is 3. The Labute approximate surface area is 805 Å². The summed E-state index contributed by atoms with van der Waals surface area (Å²) >= 11 is 14.5. The van der Waals surface area contributed by atoms with E-state index in [2.05, 4.69) is 26.6 Å². The van der Waals surface area contributed by atoms with E-state index >= 15 is 28.8 Å². The number of alkyl carbamates (subject to hydrolysis) is 1. The SMILES string of the molecule is CC(C)C[C@H](C(=O)C[C@H]1C(=O)N[C@@H](CC(N)=O)C(=O)CC2C(=O)N[C@H]3C(=O)CC(C(=O)N[C@H](C(=O)O)c4cc(O)cc(O)c4-c4cc3ccc4O)C(O)c3ccc(c(Cl)c3)Oc3cc2cc(c3OC2O[C@H](CO)[C@@H](O)[C@H](O)C2OC2C[C@](C)(NC(=O)O[C@@H]3/C=C/CC[C@](C)(C(=O)NCC(=O)O)CC3)[C@H](O)[C@H](C)O2)Oc2ccc(cc2Cl)[C@H]1O)N(C)C(=O)O[C@@H]1/C=C/CC[C@](C)(C(=O)CCC(=O)O)CC1. The molecular weight excluding hydrogens is 1870 g/mol. The van der Waals surface area contributed by atoms with E-state index in [9.17, 15) is 99.6 Å². The van der Waals surface area contributed by atoms with Crippen molar-refractivity contribution in [3.8, 4) is 57.1 Å². The normalized spacial score (nSPS) is 29.6. The van der Waals surface area contributed by atoms with Crippen LogP contribution in [0.2, 0.25) is 10.0 Å². The third kappa shape index (κ3) is 24.7. The van der Waals surface area contributed by atoms with Crippen LogP contribution in [0, 0.1) is 28.6 Å². The van der Waals surface area contributed by atoms with Crippen molar-refractivity contribution in [2.24, 2.45) is 34.3 Å². The van der Waals surface area contributed by atoms with Gasteiger partial charge in [0.2, 0.25) is 41.6 Å². The second kappa shape index (κ2) is 44.4. The minimum absolute atomic E-state index is 0.0735. The number of benzene rings is 5. The Morgan fingerprint density at radius 2 is 1.27 bits per heavy atom. The van der Waals surface area contributed by atoms with E-state index in [1.54, 1.807) is 52.0 Å². The number of allylic oxidation sites excluding steroid dienone is 2. The highest BCUT2D eigenvalue weighted by atomic mass is 35.5. The number of primary amides is 1. The second-order valence-electron chi connectivity index (χ2n) is 37.3. The third-order valence-corrected chi connectivity index (χ3v) is 27.1. The Morgan fingerprint density at radius 1 is 0.655 bits per heavy atom. The maximum atomic E-state index is 16.6. The lowest BCUT2D eigenvalue weighted by Gasteiger charge is -2.48. The first kappa shape index (κ1) is 105. The number of ether oxygens (including phenoxy) is 8. The van der Waals surface area contributed by atoms with Gasteiger partial charge in [-0.1, -0.05) is 81.2 Å². The summed E-state index contributed by atoms with van der Waals surface area (Å²) < 4.78 is 51.3. The van der Waals surface area contributed by atoms with Crippen LogP contribution in [0.15, 0.2) is 103 Å². The molecule has 14 rings (SSSR count). The van der Waals surface area contributed by atoms with E-state index in [1.807, 2.05) is 0 Å². The molecule has 9 aliphatic rings. The lowest BCUT2D eigenvalue weighted by molar-refractivity contribution is -0.334. The van der Waals surface area contributed by atoms with Gasteiger partial charge >= 0.3 is 30.1 Å². The molecule has 43 heteroatoms. The van der Waals surface area contributed by atoms with Crippen molar-refractivity contribution in [3.63, 3.8) is 0 Å². The van der Waals surface area contributed by atoms with Crippen molar-refractivity contribution in [3.05, 3.63) is 141 Å². The monoisotopic (exact) mass is 1980 g/mol. The largest absolute Gasteiger partial charge is 0.508 e. The number of hydrogen-bond acceptors (Lipinski definition) is 31. The highest BCUT2D eigenvalue weighted by Crippen LogP contribution is 2.52. The fraction of sp³-hybridized carbons (Fsp3) is 0.500. The van der Waals surface area contributed by atoms with Crippen molar-refractivity contribution in [2.45, 2.75) is 254 Å². The van der Waals surface area contributed by atoms with Gasteiger partial charge in [0.15, 0.2) is 47.3 Å². The number of hydrogen-bond donors (Lipinski definition) is 18. The predicted molar refractivity (Wildman–Crippen MR) is 485 cm³/mol. The van der Waals surface area contributed by atoms with Gasteiger partial charge in [-0.25, -0.2) is 14.4 Å². The molecule has 11 bridgehead atoms. The maximum Gasteiger partial charge on any atom is 0.410 e. The number of aliphatic hydroxyl groups is 6. The van der Waals surface area contributed by atoms with Gasteiger partial charge in [-0.15, -0.1) is 0 Å². The lowest BCUT2D eigenvalue weighted by Crippen LogP contribution is -2.66. The molecule has 5 aromatic rings. The van der Waals surface area contributed by atoms with Crippen molar-refractivity contribution in [1.82, 2.24) is 31.5 Å². The molecule has 7 aliphatic heterocycles. The highest BCUT2D eigenvalue weighted by molar-refractivity contribution is 6.32. The summed E-state index contributed by atoms with van der Waals surface area (Å²) in [7, 11) is 1.25. The van der Waals surface area contributed by atoms with Gasteiger partial charge in [-0.05, 0) is 167 Å². The molecule has 2 saturated heterocycles. The summed E-state index contributed by atoms with van der Waals surface area (Å²) in [5, 5.41) is 148. The van der Waals surface area contributed by atoms with Crippen LogP contribution in [-0.4, -0.2) is 248 Å². The molecule has 7 heterocycles. The number of nitrogens with one attached hydrogen (secondary N) is 5. The van der Waals surface area contributed by atoms with Crippen LogP contribution < -0.4 is 46.5 Å². The van der Waals surface area contributed by atoms with Gasteiger partial charge in [0.05, 0.1) is 83.2 Å². The number of ketones is 4. The fourth-order valence-corrected chi connectivity index (χ4v) is 18.9. The quantitative estimate of drug-likeness (QED) is 0.0267. The summed E-state index contributed by atoms with van der Waals surface area (Å²) in [6.45, 7) is 7.85. The van der Waals surface area contributed by atoms with E-state index in [0.29, 0.717) is 25.7 Å². The van der Waals surface area contributed by atoms with Crippen molar-refractivity contribution >= 4 is 106 Å². The number of amides is 7. The maximum absolute atomic E-state index is 16.6. The Kier molecular flexibility index (Phi) is 33.7. The number of nitrogens with two attached hydrogens (primary N) is 1. The Balaban J connectivity index is 0.993. The summed E-state index contributed by atoms with van der Waals surface area (Å²) in [6.07, 6.45) is -20.8. The molecule has 7 amide bonds. The van der Waals surface area contributed by atoms with Crippen LogP contribution in [0.3, 0.4) is 0 Å². The number of phenolic OH excluding ortho intramolecular Hbond substituents is 3. The number of aromatic hydroxyl groups is 3. The van der Waals surface area contributed by atoms with Gasteiger partial charge < -0.3 is 136 Å². The lowest BCUT2D eigenvalue weighted by atomic mass is 9.74. The van der Waals surface area contributed by atoms with Crippen molar-refractivity contribution in [2.75, 3.05) is 20.2 Å². The van der Waals surface area contributed by atoms with E-state index in [4.69, 9.17) is 66.8 Å². The molecule has 6 unspecified atom stereocenters. The van der Waals surface area contributed by atoms with Gasteiger partial charge in [-0.3, -0.25) is 52.7 Å². The molecule has 5 aromatic carbocycles. The average molecular weight is 1980 g/mol. The average Bonchev–Trinajstić information content (AvgIpc) is 0.758. The van der Waals surface area contributed by atoms with Crippen LogP contribution in [0.4, 0.5) is 9.59 Å². The first-order chi connectivity index (χ1) is 65.6. The van der Waals surface area contributed by atoms with E-state index in [0.717, 1.165) is 77.7 Å². The van der Waals surface area contributed by atoms with Gasteiger partial charge in [0.25, 0.3) is 0 Å². The fourth-order valence-electron chi connectivity index (χ4n) is 18.4. The molecule has 0 radical (unpaired) electrons. The molecule has 0 spiro atoms. The minimum atomic E-state index is -2.27. The molecular formula is C96H113Cl2N7O34. The zero-order valence-corrected chi connectivity index (χ0v) is 78.2. The van der Waals surface area contributed by atoms with Gasteiger partial charge in [0.1, 0.15) is 83.7 Å². The molecule has 750 valence electrons. The Morgan fingerprint density at radius 3 is 1.88 bits per heavy atom. The van der Waals surface area contributed by atoms with Crippen molar-refractivity contribution < 1.29 is 166 Å². The smallest absolute Gasteiger partial charge is 0.410 e. The Hall–Kier alpha value is -12.4. The standard InChI is InChI=1S/C96H113Cl2N7O34/c1-43(2)28-60(105(7)93(131)134-51-13-8-10-24-94(4,26-22-51)71(113)20-21-73(115)116)63(110)37-55-79(119)46-15-18-66(57(97)30-46)135-68-32-48-33-69(83(68)139-90-84(82(122)81(121)70(42-106)137-90)138-75-40-96(6,85(123)44(3)132-75)104-92(130)133-50-12-9-11-25-95(5,27-23-50)91(129)100-41-74(117)118)136-67-19-16-47(31-58(67)98)80(120)56-38-65(112)77(102-86(124)52(48)36-62(109)59(39-72(99)114)101-87(55)125)45-14-17-61(108)53(29-45)76-54(34-49(107)35-64(76)111)78(89(127)128)103-88(56)126/h8-9,12-19,29-35,43-44,50-52,55-56,59-60,70,75,77-82,84-85,90,106-108,111,119-123H,10-11,20-28,36-42H2,1-7H3,(H2,99,114)(H,100,129)(H,101,125)(H,102,124)(H,103,126)(H,104,130)(H,115,116)(H,117,118)(H,127,128)/b12-9+,13-8+/t44-,50+,51+,52?,55+,56?,59-,60+,70+,75?,77+,78-,79+,80?,81+,82-,84?,85+,90?,94-,95-,96-/m0/s1. The molecule has 0 aromatic heterocycles. The minimum Gasteiger partial charge on any atom is -0.508 e. The number of Topliss-reactive ketones (excluding diaryl/α,β-unsaturated/α-hetero) is 4. The number of carbonyl (C=O) groups excluding carboxylic acids is 11. The molecule has 22 atom stereocenters. The summed E-state index contributed by atoms with van der Waals surface area (Å²) in [6, 6.07) is 5.40. The number of likely N-dealkylation sites (N-methyl/N-ethyl adjacent to an activating group) is 1. The number of aliphatic hydroxyl groups excluding tert-OH is 6. The van der Waals surface area contributed by atoms with Crippen molar-refractivity contribution in [1.29, 1.82) is 0 Å². The molecule has 41 nitrogen and oxygen atoms in total. The number of rotatable bonds is 24. The number of carboxylic acids is 3. The first-order valence-electron chi connectivity index (χ1n) is 45.2. The van der Waals surface area contributed by atoms with E-state index < -0.39 is 345 Å². The topological polar surface area (TPSA) is 645 Å². The molecule has 0 saturated carbocycles. The number of fused-ring (bicyclic) bond motifs is 15. The predicted octanol–water partition coefficient (Wildman–Crippen LogP) is 7.43. The zero-order valence-electron chi connectivity index (χ0n) is 76.7. The van der Waals surface area contributed by atoms with E-state index in [1.165, 1.54) is 27.0 Å². The summed E-state index contributed by atoms with van der Waals surface area (Å²) in [5.41, 5.74) is -0.906. The number of nitrogens with zero attached hydrogens (tertiary/aromatic N) is 1. The first-order valence-corrected chi connectivity index (χ1v) is 46.0. The number of halogens is 2. The molecule has 139 heavy (non-hydrogen) atoms. The molecule has 19 N–H and O–H groups in total. The summed E-state index contributed by atoms with van der Waals surface area (Å²) in [5.74, 6) is -26.1. The number of phenols is 3. The zero-order chi connectivity index (χ0) is 101.